The summed E-state index contributed by atoms with van der Waals surface area (Å²) in [5.74, 6) is 0. The minimum atomic E-state index is -3.64. The molecule has 2 rings (SSSR count). The summed E-state index contributed by atoms with van der Waals surface area (Å²) in [6, 6.07) is 2.01. The van der Waals surface area contributed by atoms with E-state index in [1.54, 1.807) is 13.8 Å². The van der Waals surface area contributed by atoms with Crippen LogP contribution in [0.15, 0.2) is 11.0 Å². The number of H-pyrrole nitrogens is 1. The Balaban J connectivity index is 2.61. The maximum Gasteiger partial charge on any atom is 0.262 e. The fourth-order valence-corrected chi connectivity index (χ4v) is 4.27. The Bertz CT molecular complexity index is 759. The highest BCUT2D eigenvalue weighted by Crippen LogP contribution is 2.29. The van der Waals surface area contributed by atoms with E-state index in [4.69, 9.17) is 0 Å². The fraction of sp³-hybridized carbons (Fsp3) is 0.400. The van der Waals surface area contributed by atoms with Gasteiger partial charge in [-0.1, -0.05) is 6.07 Å². The van der Waals surface area contributed by atoms with Crippen molar-refractivity contribution in [1.82, 2.24) is 10.2 Å². The van der Waals surface area contributed by atoms with E-state index in [0.29, 0.717) is 22.0 Å². The number of hydrogen-bond acceptors (Lipinski definition) is 3. The molecule has 0 saturated carbocycles. The van der Waals surface area contributed by atoms with Crippen molar-refractivity contribution in [2.75, 3.05) is 4.72 Å². The van der Waals surface area contributed by atoms with Crippen LogP contribution in [0.1, 0.15) is 33.6 Å². The first-order valence-corrected chi connectivity index (χ1v) is 8.25. The SMILES string of the molecule is Cc1cc(C)c(C)c(S(=O)(=O)Nc2c(C)n[nH]c2C)c1C. The molecule has 0 bridgehead atoms. The Kier molecular flexibility index (Phi) is 3.84. The summed E-state index contributed by atoms with van der Waals surface area (Å²) in [5.41, 5.74) is 5.37. The summed E-state index contributed by atoms with van der Waals surface area (Å²) in [6.07, 6.45) is 0. The van der Waals surface area contributed by atoms with Crippen LogP contribution >= 0.6 is 0 Å². The van der Waals surface area contributed by atoms with Crippen LogP contribution in [0, 0.1) is 41.5 Å². The smallest absolute Gasteiger partial charge is 0.262 e. The maximum atomic E-state index is 12.8. The maximum absolute atomic E-state index is 12.8. The van der Waals surface area contributed by atoms with Gasteiger partial charge in [-0.25, -0.2) is 8.42 Å². The molecule has 0 radical (unpaired) electrons. The molecule has 1 aromatic heterocycles. The molecule has 1 aromatic carbocycles. The Morgan fingerprint density at radius 2 is 1.52 bits per heavy atom. The lowest BCUT2D eigenvalue weighted by molar-refractivity contribution is 0.599. The molecule has 0 unspecified atom stereocenters. The lowest BCUT2D eigenvalue weighted by Gasteiger charge is -2.16. The number of sulfonamides is 1. The normalized spacial score (nSPS) is 11.7. The number of aryl methyl sites for hydroxylation is 4. The molecule has 5 nitrogen and oxygen atoms in total. The number of aromatic nitrogens is 2. The predicted octanol–water partition coefficient (Wildman–Crippen LogP) is 3.06. The van der Waals surface area contributed by atoms with Gasteiger partial charge in [0.1, 0.15) is 0 Å². The van der Waals surface area contributed by atoms with Crippen molar-refractivity contribution in [3.63, 3.8) is 0 Å². The third-order valence-electron chi connectivity index (χ3n) is 3.93. The van der Waals surface area contributed by atoms with E-state index in [2.05, 4.69) is 14.9 Å². The van der Waals surface area contributed by atoms with Gasteiger partial charge in [-0.05, 0) is 63.8 Å². The van der Waals surface area contributed by atoms with Crippen LogP contribution in [0.25, 0.3) is 0 Å². The molecule has 21 heavy (non-hydrogen) atoms. The Labute approximate surface area is 125 Å². The number of nitrogens with zero attached hydrogens (tertiary/aromatic N) is 1. The zero-order valence-electron chi connectivity index (χ0n) is 13.2. The zero-order valence-corrected chi connectivity index (χ0v) is 14.1. The number of benzene rings is 1. The van der Waals surface area contributed by atoms with E-state index in [1.165, 1.54) is 0 Å². The van der Waals surface area contributed by atoms with Crippen molar-refractivity contribution >= 4 is 15.7 Å². The topological polar surface area (TPSA) is 74.8 Å². The molecular weight excluding hydrogens is 286 g/mol. The molecule has 114 valence electrons. The molecule has 0 aliphatic rings. The minimum absolute atomic E-state index is 0.361. The summed E-state index contributed by atoms with van der Waals surface area (Å²) < 4.78 is 28.3. The second-order valence-electron chi connectivity index (χ2n) is 5.50. The van der Waals surface area contributed by atoms with Crippen molar-refractivity contribution in [1.29, 1.82) is 0 Å². The molecule has 0 saturated heterocycles. The number of rotatable bonds is 3. The van der Waals surface area contributed by atoms with Crippen molar-refractivity contribution in [2.24, 2.45) is 0 Å². The number of aromatic amines is 1. The minimum Gasteiger partial charge on any atom is -0.280 e. The van der Waals surface area contributed by atoms with Gasteiger partial charge in [0, 0.05) is 0 Å². The quantitative estimate of drug-likeness (QED) is 0.915. The largest absolute Gasteiger partial charge is 0.280 e. The lowest BCUT2D eigenvalue weighted by Crippen LogP contribution is -2.17. The molecule has 0 fully saturated rings. The fourth-order valence-electron chi connectivity index (χ4n) is 2.47. The van der Waals surface area contributed by atoms with Gasteiger partial charge in [-0.3, -0.25) is 9.82 Å². The Hall–Kier alpha value is -1.82. The van der Waals surface area contributed by atoms with Gasteiger partial charge in [-0.15, -0.1) is 0 Å². The first-order chi connectivity index (χ1) is 9.65. The van der Waals surface area contributed by atoms with E-state index in [1.807, 2.05) is 33.8 Å². The standard InChI is InChI=1S/C15H21N3O2S/c1-8-7-9(2)11(4)15(10(8)3)21(19,20)18-14-12(5)16-17-13(14)6/h7,18H,1-6H3,(H,16,17). The molecule has 6 heteroatoms. The second kappa shape index (κ2) is 5.18. The van der Waals surface area contributed by atoms with Crippen molar-refractivity contribution < 1.29 is 8.42 Å². The van der Waals surface area contributed by atoms with Gasteiger partial charge >= 0.3 is 0 Å². The third-order valence-corrected chi connectivity index (χ3v) is 5.55. The van der Waals surface area contributed by atoms with Crippen molar-refractivity contribution in [3.05, 3.63) is 39.7 Å². The van der Waals surface area contributed by atoms with E-state index in [0.717, 1.165) is 22.3 Å². The molecule has 1 heterocycles. The molecular formula is C15H21N3O2S. The molecule has 0 atom stereocenters. The van der Waals surface area contributed by atoms with Crippen LogP contribution < -0.4 is 4.72 Å². The summed E-state index contributed by atoms with van der Waals surface area (Å²) in [7, 11) is -3.64. The highest BCUT2D eigenvalue weighted by Gasteiger charge is 2.24. The number of nitrogens with one attached hydrogen (secondary N) is 2. The molecule has 0 aliphatic heterocycles. The summed E-state index contributed by atoms with van der Waals surface area (Å²) in [4.78, 5) is 0.361. The summed E-state index contributed by atoms with van der Waals surface area (Å²) in [5, 5.41) is 6.81. The molecule has 2 N–H and O–H groups in total. The number of anilines is 1. The van der Waals surface area contributed by atoms with Gasteiger partial charge in [0.15, 0.2) is 0 Å². The lowest BCUT2D eigenvalue weighted by atomic mass is 10.0. The summed E-state index contributed by atoms with van der Waals surface area (Å²) in [6.45, 7) is 11.1. The molecule has 2 aromatic rings. The van der Waals surface area contributed by atoms with Gasteiger partial charge in [0.2, 0.25) is 0 Å². The van der Waals surface area contributed by atoms with E-state index in [9.17, 15) is 8.42 Å². The monoisotopic (exact) mass is 307 g/mol. The Morgan fingerprint density at radius 3 is 1.95 bits per heavy atom. The molecule has 0 amide bonds. The highest BCUT2D eigenvalue weighted by atomic mass is 32.2. The second-order valence-corrected chi connectivity index (χ2v) is 7.12. The van der Waals surface area contributed by atoms with E-state index < -0.39 is 10.0 Å². The van der Waals surface area contributed by atoms with Crippen LogP contribution in [-0.4, -0.2) is 18.6 Å². The average Bonchev–Trinajstić information content (AvgIpc) is 2.68. The van der Waals surface area contributed by atoms with Gasteiger partial charge in [0.25, 0.3) is 10.0 Å². The van der Waals surface area contributed by atoms with E-state index in [-0.39, 0.29) is 0 Å². The first kappa shape index (κ1) is 15.6. The zero-order chi connectivity index (χ0) is 15.9. The van der Waals surface area contributed by atoms with Crippen LogP contribution in [0.3, 0.4) is 0 Å². The average molecular weight is 307 g/mol. The van der Waals surface area contributed by atoms with Crippen molar-refractivity contribution in [2.45, 2.75) is 46.4 Å². The van der Waals surface area contributed by atoms with Gasteiger partial charge < -0.3 is 0 Å². The first-order valence-electron chi connectivity index (χ1n) is 6.77. The summed E-state index contributed by atoms with van der Waals surface area (Å²) >= 11 is 0. The predicted molar refractivity (Wildman–Crippen MR) is 84.3 cm³/mol. The highest BCUT2D eigenvalue weighted by molar-refractivity contribution is 7.92. The van der Waals surface area contributed by atoms with E-state index >= 15 is 0 Å². The van der Waals surface area contributed by atoms with Crippen LogP contribution in [0.5, 0.6) is 0 Å². The van der Waals surface area contributed by atoms with Crippen molar-refractivity contribution in [3.8, 4) is 0 Å². The van der Waals surface area contributed by atoms with Crippen LogP contribution in [0.4, 0.5) is 5.69 Å². The van der Waals surface area contributed by atoms with Crippen LogP contribution in [0.2, 0.25) is 0 Å². The molecule has 0 aliphatic carbocycles. The number of hydrogen-bond donors (Lipinski definition) is 2. The van der Waals surface area contributed by atoms with Gasteiger partial charge in [-0.2, -0.15) is 5.10 Å². The molecule has 0 spiro atoms. The Morgan fingerprint density at radius 1 is 1.00 bits per heavy atom. The van der Waals surface area contributed by atoms with Gasteiger partial charge in [0.05, 0.1) is 22.0 Å². The third kappa shape index (κ3) is 2.68. The van der Waals surface area contributed by atoms with Crippen LogP contribution in [-0.2, 0) is 10.0 Å².